The highest BCUT2D eigenvalue weighted by Crippen LogP contribution is 2.18. The number of unbranched alkanes of at least 4 members (excludes halogenated alkanes) is 1. The lowest BCUT2D eigenvalue weighted by atomic mass is 10.1. The highest BCUT2D eigenvalue weighted by molar-refractivity contribution is 5.79. The fraction of sp³-hybridized carbons (Fsp3) is 0.650. The SMILES string of the molecule is CN=C(NCCCCOCCOC)N1CCC(Oc2ccccc2)CC1. The molecule has 0 saturated carbocycles. The van der Waals surface area contributed by atoms with Crippen LogP contribution in [0.3, 0.4) is 0 Å². The van der Waals surface area contributed by atoms with E-state index in [1.165, 1.54) is 0 Å². The Kier molecular flexibility index (Phi) is 9.90. The van der Waals surface area contributed by atoms with Crippen molar-refractivity contribution in [1.29, 1.82) is 0 Å². The number of benzene rings is 1. The molecule has 6 heteroatoms. The Labute approximate surface area is 157 Å². The lowest BCUT2D eigenvalue weighted by molar-refractivity contribution is 0.0689. The Bertz CT molecular complexity index is 502. The number of ether oxygens (including phenoxy) is 3. The topological polar surface area (TPSA) is 55.3 Å². The molecular formula is C20H33N3O3. The number of likely N-dealkylation sites (tertiary alicyclic amines) is 1. The second-order valence-electron chi connectivity index (χ2n) is 6.40. The summed E-state index contributed by atoms with van der Waals surface area (Å²) in [5.74, 6) is 1.95. The monoisotopic (exact) mass is 363 g/mol. The molecule has 1 aromatic carbocycles. The van der Waals surface area contributed by atoms with Crippen LogP contribution in [0.25, 0.3) is 0 Å². The van der Waals surface area contributed by atoms with E-state index in [4.69, 9.17) is 14.2 Å². The minimum absolute atomic E-state index is 0.288. The second-order valence-corrected chi connectivity index (χ2v) is 6.40. The molecular weight excluding hydrogens is 330 g/mol. The maximum atomic E-state index is 6.06. The van der Waals surface area contributed by atoms with E-state index >= 15 is 0 Å². The van der Waals surface area contributed by atoms with Gasteiger partial charge in [0.1, 0.15) is 11.9 Å². The van der Waals surface area contributed by atoms with Crippen LogP contribution in [0.5, 0.6) is 5.75 Å². The normalized spacial score (nSPS) is 15.9. The van der Waals surface area contributed by atoms with Crippen LogP contribution in [0.4, 0.5) is 0 Å². The molecule has 26 heavy (non-hydrogen) atoms. The van der Waals surface area contributed by atoms with Gasteiger partial charge in [-0.2, -0.15) is 0 Å². The number of rotatable bonds is 10. The van der Waals surface area contributed by atoms with E-state index in [9.17, 15) is 0 Å². The number of hydrogen-bond acceptors (Lipinski definition) is 4. The summed E-state index contributed by atoms with van der Waals surface area (Å²) >= 11 is 0. The summed E-state index contributed by atoms with van der Waals surface area (Å²) < 4.78 is 16.5. The summed E-state index contributed by atoms with van der Waals surface area (Å²) in [5.41, 5.74) is 0. The third-order valence-corrected chi connectivity index (χ3v) is 4.43. The predicted octanol–water partition coefficient (Wildman–Crippen LogP) is 2.55. The molecule has 1 fully saturated rings. The summed E-state index contributed by atoms with van der Waals surface area (Å²) in [6, 6.07) is 10.1. The van der Waals surface area contributed by atoms with E-state index in [0.717, 1.165) is 63.6 Å². The first-order valence-corrected chi connectivity index (χ1v) is 9.57. The van der Waals surface area contributed by atoms with E-state index in [0.29, 0.717) is 13.2 Å². The zero-order valence-corrected chi connectivity index (χ0v) is 16.2. The van der Waals surface area contributed by atoms with Gasteiger partial charge in [-0.3, -0.25) is 4.99 Å². The van der Waals surface area contributed by atoms with Crippen LogP contribution in [0, 0.1) is 0 Å². The standard InChI is InChI=1S/C20H33N3O3/c1-21-20(22-12-6-7-15-25-17-16-24-2)23-13-10-19(11-14-23)26-18-8-4-3-5-9-18/h3-5,8-9,19H,6-7,10-17H2,1-2H3,(H,21,22). The highest BCUT2D eigenvalue weighted by atomic mass is 16.5. The molecule has 0 radical (unpaired) electrons. The van der Waals surface area contributed by atoms with E-state index in [-0.39, 0.29) is 6.10 Å². The number of aliphatic imine (C=N–C) groups is 1. The quantitative estimate of drug-likeness (QED) is 0.393. The lowest BCUT2D eigenvalue weighted by Crippen LogP contribution is -2.47. The molecule has 1 aromatic rings. The van der Waals surface area contributed by atoms with Crippen molar-refractivity contribution in [3.8, 4) is 5.75 Å². The fourth-order valence-electron chi connectivity index (χ4n) is 2.98. The zero-order valence-electron chi connectivity index (χ0n) is 16.2. The van der Waals surface area contributed by atoms with Crippen molar-refractivity contribution in [2.24, 2.45) is 4.99 Å². The minimum Gasteiger partial charge on any atom is -0.490 e. The minimum atomic E-state index is 0.288. The number of nitrogens with one attached hydrogen (secondary N) is 1. The molecule has 1 saturated heterocycles. The molecule has 1 heterocycles. The van der Waals surface area contributed by atoms with Crippen LogP contribution in [0.1, 0.15) is 25.7 Å². The van der Waals surface area contributed by atoms with Gasteiger partial charge in [0, 0.05) is 53.2 Å². The van der Waals surface area contributed by atoms with Gasteiger partial charge in [-0.25, -0.2) is 0 Å². The van der Waals surface area contributed by atoms with Gasteiger partial charge < -0.3 is 24.4 Å². The van der Waals surface area contributed by atoms with Crippen LogP contribution in [0.15, 0.2) is 35.3 Å². The third-order valence-electron chi connectivity index (χ3n) is 4.43. The Balaban J connectivity index is 1.59. The van der Waals surface area contributed by atoms with Crippen molar-refractivity contribution < 1.29 is 14.2 Å². The van der Waals surface area contributed by atoms with Gasteiger partial charge in [0.05, 0.1) is 13.2 Å². The van der Waals surface area contributed by atoms with Gasteiger partial charge in [0.15, 0.2) is 5.96 Å². The van der Waals surface area contributed by atoms with Crippen LogP contribution >= 0.6 is 0 Å². The number of hydrogen-bond donors (Lipinski definition) is 1. The molecule has 0 bridgehead atoms. The number of para-hydroxylation sites is 1. The van der Waals surface area contributed by atoms with Crippen LogP contribution < -0.4 is 10.1 Å². The van der Waals surface area contributed by atoms with Gasteiger partial charge in [0.25, 0.3) is 0 Å². The molecule has 0 amide bonds. The molecule has 1 N–H and O–H groups in total. The second kappa shape index (κ2) is 12.5. The largest absolute Gasteiger partial charge is 0.490 e. The molecule has 1 aliphatic heterocycles. The van der Waals surface area contributed by atoms with Crippen molar-refractivity contribution >= 4 is 5.96 Å². The van der Waals surface area contributed by atoms with Gasteiger partial charge in [-0.1, -0.05) is 18.2 Å². The number of piperidine rings is 1. The van der Waals surface area contributed by atoms with Gasteiger partial charge in [0.2, 0.25) is 0 Å². The highest BCUT2D eigenvalue weighted by Gasteiger charge is 2.22. The van der Waals surface area contributed by atoms with E-state index in [2.05, 4.69) is 15.2 Å². The molecule has 6 nitrogen and oxygen atoms in total. The summed E-state index contributed by atoms with van der Waals surface area (Å²) in [6.45, 7) is 4.97. The first-order valence-electron chi connectivity index (χ1n) is 9.57. The van der Waals surface area contributed by atoms with E-state index in [1.54, 1.807) is 7.11 Å². The molecule has 0 spiro atoms. The maximum absolute atomic E-state index is 6.06. The molecule has 2 rings (SSSR count). The summed E-state index contributed by atoms with van der Waals surface area (Å²) in [7, 11) is 3.54. The average Bonchev–Trinajstić information content (AvgIpc) is 2.69. The predicted molar refractivity (Wildman–Crippen MR) is 105 cm³/mol. The molecule has 0 atom stereocenters. The Morgan fingerprint density at radius 3 is 2.58 bits per heavy atom. The van der Waals surface area contributed by atoms with Crippen molar-refractivity contribution in [2.75, 3.05) is 53.6 Å². The van der Waals surface area contributed by atoms with Gasteiger partial charge in [-0.15, -0.1) is 0 Å². The zero-order chi connectivity index (χ0) is 18.5. The van der Waals surface area contributed by atoms with Crippen LogP contribution in [0.2, 0.25) is 0 Å². The lowest BCUT2D eigenvalue weighted by Gasteiger charge is -2.34. The first-order chi connectivity index (χ1) is 12.8. The first kappa shape index (κ1) is 20.5. The van der Waals surface area contributed by atoms with E-state index < -0.39 is 0 Å². The summed E-state index contributed by atoms with van der Waals surface area (Å²) in [4.78, 5) is 6.74. The Morgan fingerprint density at radius 2 is 1.88 bits per heavy atom. The number of methoxy groups -OCH3 is 1. The van der Waals surface area contributed by atoms with E-state index in [1.807, 2.05) is 37.4 Å². The van der Waals surface area contributed by atoms with Crippen LogP contribution in [-0.2, 0) is 9.47 Å². The average molecular weight is 364 g/mol. The fourth-order valence-corrected chi connectivity index (χ4v) is 2.98. The molecule has 0 unspecified atom stereocenters. The summed E-state index contributed by atoms with van der Waals surface area (Å²) in [5, 5.41) is 3.46. The van der Waals surface area contributed by atoms with Gasteiger partial charge in [-0.05, 0) is 25.0 Å². The van der Waals surface area contributed by atoms with Crippen molar-refractivity contribution in [3.63, 3.8) is 0 Å². The molecule has 0 aliphatic carbocycles. The third kappa shape index (κ3) is 7.62. The Hall–Kier alpha value is -1.79. The Morgan fingerprint density at radius 1 is 1.12 bits per heavy atom. The number of guanidine groups is 1. The molecule has 1 aliphatic rings. The summed E-state index contributed by atoms with van der Waals surface area (Å²) in [6.07, 6.45) is 4.43. The van der Waals surface area contributed by atoms with Crippen molar-refractivity contribution in [1.82, 2.24) is 10.2 Å². The molecule has 0 aromatic heterocycles. The van der Waals surface area contributed by atoms with Gasteiger partial charge >= 0.3 is 0 Å². The molecule has 146 valence electrons. The van der Waals surface area contributed by atoms with Crippen molar-refractivity contribution in [2.45, 2.75) is 31.8 Å². The van der Waals surface area contributed by atoms with Crippen LogP contribution in [-0.4, -0.2) is 70.6 Å². The maximum Gasteiger partial charge on any atom is 0.193 e. The van der Waals surface area contributed by atoms with Crippen molar-refractivity contribution in [3.05, 3.63) is 30.3 Å². The smallest absolute Gasteiger partial charge is 0.193 e. The number of nitrogens with zero attached hydrogens (tertiary/aromatic N) is 2.